The number of ether oxygens (including phenoxy) is 1. The van der Waals surface area contributed by atoms with Gasteiger partial charge in [-0.2, -0.15) is 5.10 Å². The molecule has 1 N–H and O–H groups in total. The van der Waals surface area contributed by atoms with Crippen LogP contribution in [0.5, 0.6) is 5.75 Å². The van der Waals surface area contributed by atoms with E-state index in [-0.39, 0.29) is 12.1 Å². The Morgan fingerprint density at radius 1 is 1.19 bits per heavy atom. The Labute approximate surface area is 152 Å². The number of H-pyrrole nitrogens is 1. The van der Waals surface area contributed by atoms with E-state index in [0.717, 1.165) is 4.57 Å². The fourth-order valence-electron chi connectivity index (χ4n) is 2.78. The first-order chi connectivity index (χ1) is 13.2. The molecule has 3 aromatic heterocycles. The highest BCUT2D eigenvalue weighted by Crippen LogP contribution is 2.16. The average Bonchev–Trinajstić information content (AvgIpc) is 3.21. The van der Waals surface area contributed by atoms with E-state index in [1.54, 1.807) is 36.5 Å². The second-order valence-electron chi connectivity index (χ2n) is 5.83. The van der Waals surface area contributed by atoms with Crippen molar-refractivity contribution in [1.29, 1.82) is 0 Å². The van der Waals surface area contributed by atoms with Crippen LogP contribution in [0.1, 0.15) is 12.5 Å². The van der Waals surface area contributed by atoms with Gasteiger partial charge in [-0.3, -0.25) is 9.36 Å². The molecular formula is C18H16N6O3. The summed E-state index contributed by atoms with van der Waals surface area (Å²) in [5, 5.41) is 4.40. The van der Waals surface area contributed by atoms with Gasteiger partial charge in [-0.1, -0.05) is 6.07 Å². The lowest BCUT2D eigenvalue weighted by Crippen LogP contribution is -2.35. The number of rotatable bonds is 5. The van der Waals surface area contributed by atoms with E-state index in [4.69, 9.17) is 4.74 Å². The van der Waals surface area contributed by atoms with Gasteiger partial charge in [0.1, 0.15) is 18.4 Å². The van der Waals surface area contributed by atoms with E-state index in [9.17, 15) is 9.59 Å². The Balaban J connectivity index is 1.70. The van der Waals surface area contributed by atoms with Gasteiger partial charge < -0.3 is 9.72 Å². The Bertz CT molecular complexity index is 1190. The smallest absolute Gasteiger partial charge is 0.329 e. The van der Waals surface area contributed by atoms with E-state index in [1.165, 1.54) is 17.3 Å². The van der Waals surface area contributed by atoms with E-state index >= 15 is 0 Å². The van der Waals surface area contributed by atoms with Crippen molar-refractivity contribution in [3.05, 3.63) is 75.6 Å². The minimum atomic E-state index is -0.475. The highest BCUT2D eigenvalue weighted by molar-refractivity contribution is 5.78. The maximum atomic E-state index is 12.8. The van der Waals surface area contributed by atoms with Crippen molar-refractivity contribution in [2.24, 2.45) is 0 Å². The SMILES string of the molecule is CCOc1ccc2[nH]c(=O)n(Cc3ccc(-n4cncn4)nc3)c(=O)c2c1. The van der Waals surface area contributed by atoms with Crippen LogP contribution in [0.4, 0.5) is 0 Å². The summed E-state index contributed by atoms with van der Waals surface area (Å²) in [5.74, 6) is 1.18. The quantitative estimate of drug-likeness (QED) is 0.568. The summed E-state index contributed by atoms with van der Waals surface area (Å²) in [6.45, 7) is 2.46. The minimum absolute atomic E-state index is 0.105. The molecule has 0 amide bonds. The highest BCUT2D eigenvalue weighted by Gasteiger charge is 2.10. The van der Waals surface area contributed by atoms with Crippen LogP contribution in [0.3, 0.4) is 0 Å². The van der Waals surface area contributed by atoms with Gasteiger partial charge in [-0.05, 0) is 36.8 Å². The monoisotopic (exact) mass is 364 g/mol. The Hall–Kier alpha value is -3.75. The third-order valence-electron chi connectivity index (χ3n) is 4.07. The van der Waals surface area contributed by atoms with Crippen molar-refractivity contribution in [2.75, 3.05) is 6.61 Å². The van der Waals surface area contributed by atoms with Crippen LogP contribution < -0.4 is 16.0 Å². The van der Waals surface area contributed by atoms with Crippen molar-refractivity contribution in [3.8, 4) is 11.6 Å². The van der Waals surface area contributed by atoms with Crippen LogP contribution in [0.25, 0.3) is 16.7 Å². The predicted molar refractivity (Wildman–Crippen MR) is 98.3 cm³/mol. The number of hydrogen-bond donors (Lipinski definition) is 1. The first kappa shape index (κ1) is 16.7. The summed E-state index contributed by atoms with van der Waals surface area (Å²) in [6.07, 6.45) is 4.56. The number of nitrogens with zero attached hydrogens (tertiary/aromatic N) is 5. The lowest BCUT2D eigenvalue weighted by molar-refractivity contribution is 0.340. The molecule has 1 aromatic carbocycles. The average molecular weight is 364 g/mol. The van der Waals surface area contributed by atoms with Crippen LogP contribution in [0.15, 0.2) is 58.8 Å². The van der Waals surface area contributed by atoms with E-state index < -0.39 is 5.69 Å². The van der Waals surface area contributed by atoms with Crippen molar-refractivity contribution in [2.45, 2.75) is 13.5 Å². The molecule has 136 valence electrons. The van der Waals surface area contributed by atoms with E-state index in [0.29, 0.717) is 34.6 Å². The molecule has 0 aliphatic heterocycles. The normalized spacial score (nSPS) is 11.0. The van der Waals surface area contributed by atoms with Gasteiger partial charge in [0.05, 0.1) is 24.1 Å². The highest BCUT2D eigenvalue weighted by atomic mass is 16.5. The van der Waals surface area contributed by atoms with Crippen LogP contribution in [0, 0.1) is 0 Å². The molecule has 0 aliphatic carbocycles. The molecule has 0 bridgehead atoms. The van der Waals surface area contributed by atoms with Crippen LogP contribution >= 0.6 is 0 Å². The predicted octanol–water partition coefficient (Wildman–Crippen LogP) is 1.11. The number of aromatic nitrogens is 6. The number of aromatic amines is 1. The lowest BCUT2D eigenvalue weighted by Gasteiger charge is -2.08. The van der Waals surface area contributed by atoms with Gasteiger partial charge in [-0.25, -0.2) is 19.4 Å². The van der Waals surface area contributed by atoms with Crippen molar-refractivity contribution < 1.29 is 4.74 Å². The minimum Gasteiger partial charge on any atom is -0.494 e. The van der Waals surface area contributed by atoms with Gasteiger partial charge in [0.25, 0.3) is 5.56 Å². The topological polar surface area (TPSA) is 108 Å². The van der Waals surface area contributed by atoms with Crippen LogP contribution in [-0.4, -0.2) is 35.9 Å². The molecule has 0 saturated carbocycles. The maximum absolute atomic E-state index is 12.8. The summed E-state index contributed by atoms with van der Waals surface area (Å²) in [7, 11) is 0. The lowest BCUT2D eigenvalue weighted by atomic mass is 10.2. The zero-order valence-electron chi connectivity index (χ0n) is 14.5. The molecule has 0 fully saturated rings. The van der Waals surface area contributed by atoms with Crippen molar-refractivity contribution >= 4 is 10.9 Å². The number of nitrogens with one attached hydrogen (secondary N) is 1. The second-order valence-corrected chi connectivity index (χ2v) is 5.83. The van der Waals surface area contributed by atoms with Gasteiger partial charge in [0.15, 0.2) is 5.82 Å². The molecule has 3 heterocycles. The van der Waals surface area contributed by atoms with E-state index in [1.807, 2.05) is 6.92 Å². The molecular weight excluding hydrogens is 348 g/mol. The summed E-state index contributed by atoms with van der Waals surface area (Å²) < 4.78 is 8.11. The fourth-order valence-corrected chi connectivity index (χ4v) is 2.78. The third kappa shape index (κ3) is 3.22. The van der Waals surface area contributed by atoms with Gasteiger partial charge in [-0.15, -0.1) is 0 Å². The Kier molecular flexibility index (Phi) is 4.25. The van der Waals surface area contributed by atoms with Crippen molar-refractivity contribution in [3.63, 3.8) is 0 Å². The molecule has 4 rings (SSSR count). The molecule has 27 heavy (non-hydrogen) atoms. The standard InChI is InChI=1S/C18H16N6O3/c1-2-27-13-4-5-15-14(7-13)17(25)23(18(26)22-15)9-12-3-6-16(20-8-12)24-11-19-10-21-24/h3-8,10-11H,2,9H2,1H3,(H,22,26). The third-order valence-corrected chi connectivity index (χ3v) is 4.07. The first-order valence-corrected chi connectivity index (χ1v) is 8.35. The molecule has 0 saturated heterocycles. The molecule has 0 atom stereocenters. The number of hydrogen-bond acceptors (Lipinski definition) is 6. The summed E-state index contributed by atoms with van der Waals surface area (Å²) in [4.78, 5) is 36.1. The zero-order valence-corrected chi connectivity index (χ0v) is 14.5. The summed E-state index contributed by atoms with van der Waals surface area (Å²) in [6, 6.07) is 8.56. The van der Waals surface area contributed by atoms with Gasteiger partial charge in [0.2, 0.25) is 0 Å². The number of fused-ring (bicyclic) bond motifs is 1. The zero-order chi connectivity index (χ0) is 18.8. The second kappa shape index (κ2) is 6.87. The molecule has 0 unspecified atom stereocenters. The molecule has 4 aromatic rings. The molecule has 0 aliphatic rings. The van der Waals surface area contributed by atoms with Gasteiger partial charge in [0, 0.05) is 6.20 Å². The summed E-state index contributed by atoms with van der Waals surface area (Å²) in [5.41, 5.74) is 0.337. The fraction of sp³-hybridized carbons (Fsp3) is 0.167. The van der Waals surface area contributed by atoms with Gasteiger partial charge >= 0.3 is 5.69 Å². The number of benzene rings is 1. The van der Waals surface area contributed by atoms with E-state index in [2.05, 4.69) is 20.1 Å². The van der Waals surface area contributed by atoms with Crippen LogP contribution in [0.2, 0.25) is 0 Å². The Morgan fingerprint density at radius 2 is 2.07 bits per heavy atom. The number of pyridine rings is 1. The van der Waals surface area contributed by atoms with Crippen LogP contribution in [-0.2, 0) is 6.54 Å². The largest absolute Gasteiger partial charge is 0.494 e. The molecule has 9 heteroatoms. The molecule has 0 spiro atoms. The molecule has 0 radical (unpaired) electrons. The first-order valence-electron chi connectivity index (χ1n) is 8.35. The Morgan fingerprint density at radius 3 is 2.78 bits per heavy atom. The van der Waals surface area contributed by atoms with Crippen molar-refractivity contribution in [1.82, 2.24) is 29.3 Å². The molecule has 9 nitrogen and oxygen atoms in total. The summed E-state index contributed by atoms with van der Waals surface area (Å²) >= 11 is 0. The maximum Gasteiger partial charge on any atom is 0.329 e.